The predicted octanol–water partition coefficient (Wildman–Crippen LogP) is 2.71. The van der Waals surface area contributed by atoms with Gasteiger partial charge in [-0.25, -0.2) is 4.68 Å². The van der Waals surface area contributed by atoms with Crippen molar-refractivity contribution in [1.82, 2.24) is 9.78 Å². The van der Waals surface area contributed by atoms with Crippen LogP contribution in [-0.4, -0.2) is 21.5 Å². The van der Waals surface area contributed by atoms with E-state index in [0.717, 1.165) is 11.3 Å². The van der Waals surface area contributed by atoms with E-state index in [1.807, 2.05) is 12.1 Å². The molecule has 16 heavy (non-hydrogen) atoms. The zero-order valence-electron chi connectivity index (χ0n) is 8.40. The quantitative estimate of drug-likeness (QED) is 0.917. The standard InChI is InChI=1S/C11H10Cl2N2O/c12-9-1-3-10(4-2-9)15-11(13)8(5-6-16)7-14-15/h1-4,7,16H,5-6H2. The summed E-state index contributed by atoms with van der Waals surface area (Å²) in [6.07, 6.45) is 2.17. The van der Waals surface area contributed by atoms with Crippen molar-refractivity contribution in [2.24, 2.45) is 0 Å². The van der Waals surface area contributed by atoms with Crippen LogP contribution in [0.4, 0.5) is 0 Å². The number of nitrogens with zero attached hydrogens (tertiary/aromatic N) is 2. The molecule has 0 saturated carbocycles. The number of rotatable bonds is 3. The highest BCUT2D eigenvalue weighted by Gasteiger charge is 2.09. The molecule has 84 valence electrons. The topological polar surface area (TPSA) is 38.1 Å². The van der Waals surface area contributed by atoms with Crippen LogP contribution in [0.1, 0.15) is 5.56 Å². The number of hydrogen-bond acceptors (Lipinski definition) is 2. The van der Waals surface area contributed by atoms with Crippen LogP contribution in [0.3, 0.4) is 0 Å². The highest BCUT2D eigenvalue weighted by atomic mass is 35.5. The van der Waals surface area contributed by atoms with Crippen molar-refractivity contribution in [3.8, 4) is 5.69 Å². The number of benzene rings is 1. The molecular weight excluding hydrogens is 247 g/mol. The molecule has 0 aliphatic rings. The fourth-order valence-electron chi connectivity index (χ4n) is 1.42. The van der Waals surface area contributed by atoms with Gasteiger partial charge in [-0.1, -0.05) is 23.2 Å². The first-order valence-electron chi connectivity index (χ1n) is 4.81. The maximum atomic E-state index is 8.85. The highest BCUT2D eigenvalue weighted by molar-refractivity contribution is 6.31. The highest BCUT2D eigenvalue weighted by Crippen LogP contribution is 2.21. The van der Waals surface area contributed by atoms with E-state index in [9.17, 15) is 0 Å². The van der Waals surface area contributed by atoms with Crippen molar-refractivity contribution in [2.75, 3.05) is 6.61 Å². The summed E-state index contributed by atoms with van der Waals surface area (Å²) in [6, 6.07) is 7.23. The maximum absolute atomic E-state index is 8.85. The first-order valence-corrected chi connectivity index (χ1v) is 5.57. The molecule has 1 aromatic heterocycles. The number of aliphatic hydroxyl groups is 1. The van der Waals surface area contributed by atoms with Gasteiger partial charge in [0.05, 0.1) is 11.9 Å². The van der Waals surface area contributed by atoms with Gasteiger partial charge in [-0.15, -0.1) is 0 Å². The molecule has 2 aromatic rings. The van der Waals surface area contributed by atoms with Crippen LogP contribution in [0.5, 0.6) is 0 Å². The molecule has 0 bridgehead atoms. The molecule has 2 rings (SSSR count). The Bertz CT molecular complexity index is 479. The Kier molecular flexibility index (Phi) is 3.49. The lowest BCUT2D eigenvalue weighted by molar-refractivity contribution is 0.299. The lowest BCUT2D eigenvalue weighted by Crippen LogP contribution is -1.96. The van der Waals surface area contributed by atoms with Gasteiger partial charge >= 0.3 is 0 Å². The summed E-state index contributed by atoms with van der Waals surface area (Å²) < 4.78 is 1.61. The molecule has 1 aromatic carbocycles. The van der Waals surface area contributed by atoms with Gasteiger partial charge in [-0.2, -0.15) is 5.10 Å². The normalized spacial score (nSPS) is 10.7. The summed E-state index contributed by atoms with van der Waals surface area (Å²) in [5.41, 5.74) is 1.68. The first-order chi connectivity index (χ1) is 7.72. The van der Waals surface area contributed by atoms with E-state index in [4.69, 9.17) is 28.3 Å². The average molecular weight is 257 g/mol. The third-order valence-electron chi connectivity index (χ3n) is 2.23. The second kappa shape index (κ2) is 4.87. The van der Waals surface area contributed by atoms with Gasteiger partial charge in [0.25, 0.3) is 0 Å². The molecule has 1 heterocycles. The molecule has 0 atom stereocenters. The summed E-state index contributed by atoms with van der Waals surface area (Å²) in [4.78, 5) is 0. The summed E-state index contributed by atoms with van der Waals surface area (Å²) in [5.74, 6) is 0. The summed E-state index contributed by atoms with van der Waals surface area (Å²) in [5, 5.41) is 14.2. The molecule has 5 heteroatoms. The van der Waals surface area contributed by atoms with Gasteiger partial charge < -0.3 is 5.11 Å². The van der Waals surface area contributed by atoms with Crippen molar-refractivity contribution < 1.29 is 5.11 Å². The Labute approximate surface area is 103 Å². The van der Waals surface area contributed by atoms with Gasteiger partial charge in [0.15, 0.2) is 0 Å². The van der Waals surface area contributed by atoms with Crippen LogP contribution in [-0.2, 0) is 6.42 Å². The smallest absolute Gasteiger partial charge is 0.136 e. The van der Waals surface area contributed by atoms with Crippen LogP contribution in [0.15, 0.2) is 30.5 Å². The zero-order valence-corrected chi connectivity index (χ0v) is 9.91. The predicted molar refractivity (Wildman–Crippen MR) is 64.4 cm³/mol. The minimum atomic E-state index is 0.0615. The molecule has 0 saturated heterocycles. The second-order valence-corrected chi connectivity index (χ2v) is 4.12. The van der Waals surface area contributed by atoms with Crippen molar-refractivity contribution in [3.05, 3.63) is 46.2 Å². The molecule has 0 spiro atoms. The van der Waals surface area contributed by atoms with Crippen LogP contribution < -0.4 is 0 Å². The largest absolute Gasteiger partial charge is 0.396 e. The number of aromatic nitrogens is 2. The van der Waals surface area contributed by atoms with Gasteiger partial charge in [0.2, 0.25) is 0 Å². The fourth-order valence-corrected chi connectivity index (χ4v) is 1.83. The Hall–Kier alpha value is -1.03. The monoisotopic (exact) mass is 256 g/mol. The fraction of sp³-hybridized carbons (Fsp3) is 0.182. The molecule has 3 nitrogen and oxygen atoms in total. The number of halogens is 2. The van der Waals surface area contributed by atoms with E-state index in [-0.39, 0.29) is 6.61 Å². The first kappa shape index (κ1) is 11.5. The SMILES string of the molecule is OCCc1cnn(-c2ccc(Cl)cc2)c1Cl. The average Bonchev–Trinajstić information content (AvgIpc) is 2.63. The Morgan fingerprint density at radius 1 is 1.19 bits per heavy atom. The lowest BCUT2D eigenvalue weighted by Gasteiger charge is -2.03. The number of aliphatic hydroxyl groups excluding tert-OH is 1. The van der Waals surface area contributed by atoms with E-state index in [1.165, 1.54) is 0 Å². The Morgan fingerprint density at radius 2 is 1.88 bits per heavy atom. The van der Waals surface area contributed by atoms with E-state index < -0.39 is 0 Å². The van der Waals surface area contributed by atoms with Crippen LogP contribution in [0.25, 0.3) is 5.69 Å². The van der Waals surface area contributed by atoms with Gasteiger partial charge in [0.1, 0.15) is 5.15 Å². The van der Waals surface area contributed by atoms with Crippen molar-refractivity contribution in [1.29, 1.82) is 0 Å². The van der Waals surface area contributed by atoms with E-state index in [2.05, 4.69) is 5.10 Å². The summed E-state index contributed by atoms with van der Waals surface area (Å²) in [6.45, 7) is 0.0615. The second-order valence-electron chi connectivity index (χ2n) is 3.32. The van der Waals surface area contributed by atoms with Gasteiger partial charge in [0, 0.05) is 23.6 Å². The molecule has 0 aliphatic carbocycles. The van der Waals surface area contributed by atoms with Crippen molar-refractivity contribution in [2.45, 2.75) is 6.42 Å². The molecule has 0 fully saturated rings. The molecule has 0 unspecified atom stereocenters. The molecular formula is C11H10Cl2N2O. The van der Waals surface area contributed by atoms with Gasteiger partial charge in [-0.05, 0) is 24.3 Å². The molecule has 0 radical (unpaired) electrons. The molecule has 0 aliphatic heterocycles. The van der Waals surface area contributed by atoms with Gasteiger partial charge in [-0.3, -0.25) is 0 Å². The third-order valence-corrected chi connectivity index (χ3v) is 2.89. The van der Waals surface area contributed by atoms with Crippen LogP contribution in [0, 0.1) is 0 Å². The Balaban J connectivity index is 2.37. The van der Waals surface area contributed by atoms with Crippen molar-refractivity contribution >= 4 is 23.2 Å². The molecule has 1 N–H and O–H groups in total. The third kappa shape index (κ3) is 2.21. The van der Waals surface area contributed by atoms with E-state index >= 15 is 0 Å². The maximum Gasteiger partial charge on any atom is 0.136 e. The summed E-state index contributed by atoms with van der Waals surface area (Å²) >= 11 is 11.9. The zero-order chi connectivity index (χ0) is 11.5. The van der Waals surface area contributed by atoms with Crippen LogP contribution in [0.2, 0.25) is 10.2 Å². The number of hydrogen-bond donors (Lipinski definition) is 1. The minimum Gasteiger partial charge on any atom is -0.396 e. The Morgan fingerprint density at radius 3 is 2.50 bits per heavy atom. The van der Waals surface area contributed by atoms with E-state index in [1.54, 1.807) is 23.0 Å². The summed E-state index contributed by atoms with van der Waals surface area (Å²) in [7, 11) is 0. The van der Waals surface area contributed by atoms with Crippen LogP contribution >= 0.6 is 23.2 Å². The minimum absolute atomic E-state index is 0.0615. The lowest BCUT2D eigenvalue weighted by atomic mass is 10.3. The van der Waals surface area contributed by atoms with E-state index in [0.29, 0.717) is 16.6 Å². The molecule has 0 amide bonds. The van der Waals surface area contributed by atoms with Crippen molar-refractivity contribution in [3.63, 3.8) is 0 Å².